The number of anilines is 2. The molecule has 0 saturated heterocycles. The van der Waals surface area contributed by atoms with Crippen molar-refractivity contribution in [2.45, 2.75) is 45.6 Å². The highest BCUT2D eigenvalue weighted by molar-refractivity contribution is 7.16. The van der Waals surface area contributed by atoms with Crippen LogP contribution in [0.4, 0.5) is 10.8 Å². The molecule has 1 heterocycles. The molecule has 2 aromatic rings. The quantitative estimate of drug-likeness (QED) is 0.877. The zero-order chi connectivity index (χ0) is 15.5. The number of amides is 1. The first-order valence-corrected chi connectivity index (χ1v) is 8.55. The fourth-order valence-electron chi connectivity index (χ4n) is 2.89. The lowest BCUT2D eigenvalue weighted by Gasteiger charge is -2.09. The normalized spacial score (nSPS) is 15.0. The zero-order valence-electron chi connectivity index (χ0n) is 13.0. The summed E-state index contributed by atoms with van der Waals surface area (Å²) in [6, 6.07) is 8.43. The van der Waals surface area contributed by atoms with Gasteiger partial charge in [0.25, 0.3) is 0 Å². The topological polar surface area (TPSA) is 54.0 Å². The molecule has 0 atom stereocenters. The van der Waals surface area contributed by atoms with E-state index in [9.17, 15) is 4.79 Å². The molecule has 116 valence electrons. The van der Waals surface area contributed by atoms with Crippen LogP contribution in [0.2, 0.25) is 0 Å². The maximum Gasteiger partial charge on any atom is 0.221 e. The number of carbonyl (C=O) groups excluding carboxylic acids is 1. The van der Waals surface area contributed by atoms with E-state index < -0.39 is 0 Å². The summed E-state index contributed by atoms with van der Waals surface area (Å²) in [6.45, 7) is 3.62. The molecule has 1 aromatic carbocycles. The highest BCUT2D eigenvalue weighted by Gasteiger charge is 2.17. The van der Waals surface area contributed by atoms with Crippen molar-refractivity contribution >= 4 is 28.1 Å². The van der Waals surface area contributed by atoms with Crippen molar-refractivity contribution in [2.75, 3.05) is 10.6 Å². The summed E-state index contributed by atoms with van der Waals surface area (Å²) < 4.78 is 0. The van der Waals surface area contributed by atoms with Gasteiger partial charge in [-0.1, -0.05) is 25.0 Å². The maximum absolute atomic E-state index is 11.1. The molecule has 2 N–H and O–H groups in total. The van der Waals surface area contributed by atoms with E-state index in [1.807, 2.05) is 24.3 Å². The third-order valence-corrected chi connectivity index (χ3v) is 4.86. The van der Waals surface area contributed by atoms with Gasteiger partial charge in [0.15, 0.2) is 5.13 Å². The molecule has 0 unspecified atom stereocenters. The van der Waals surface area contributed by atoms with Crippen LogP contribution in [0, 0.1) is 6.92 Å². The van der Waals surface area contributed by atoms with E-state index >= 15 is 0 Å². The molecule has 1 aromatic heterocycles. The zero-order valence-corrected chi connectivity index (χ0v) is 13.8. The van der Waals surface area contributed by atoms with Crippen molar-refractivity contribution in [1.82, 2.24) is 4.98 Å². The molecule has 4 nitrogen and oxygen atoms in total. The Balaban J connectivity index is 1.76. The summed E-state index contributed by atoms with van der Waals surface area (Å²) in [5, 5.41) is 7.36. The summed E-state index contributed by atoms with van der Waals surface area (Å²) in [6.07, 6.45) is 5.14. The predicted molar refractivity (Wildman–Crippen MR) is 92.5 cm³/mol. The largest absolute Gasteiger partial charge is 0.359 e. The molecule has 1 saturated carbocycles. The van der Waals surface area contributed by atoms with Crippen LogP contribution in [0.15, 0.2) is 24.3 Å². The average molecular weight is 315 g/mol. The van der Waals surface area contributed by atoms with Gasteiger partial charge < -0.3 is 10.6 Å². The third-order valence-electron chi connectivity index (χ3n) is 3.96. The van der Waals surface area contributed by atoms with Crippen LogP contribution in [-0.4, -0.2) is 16.9 Å². The first kappa shape index (κ1) is 15.0. The van der Waals surface area contributed by atoms with E-state index in [2.05, 4.69) is 17.6 Å². The lowest BCUT2D eigenvalue weighted by Crippen LogP contribution is -2.13. The lowest BCUT2D eigenvalue weighted by molar-refractivity contribution is -0.114. The Labute approximate surface area is 135 Å². The number of rotatable bonds is 4. The Morgan fingerprint density at radius 3 is 2.55 bits per heavy atom. The van der Waals surface area contributed by atoms with Crippen LogP contribution in [0.3, 0.4) is 0 Å². The summed E-state index contributed by atoms with van der Waals surface area (Å²) in [5.74, 6) is -0.0550. The van der Waals surface area contributed by atoms with E-state index in [0.717, 1.165) is 22.1 Å². The van der Waals surface area contributed by atoms with Crippen molar-refractivity contribution < 1.29 is 4.79 Å². The Kier molecular flexibility index (Phi) is 4.43. The third kappa shape index (κ3) is 3.47. The van der Waals surface area contributed by atoms with Crippen molar-refractivity contribution in [3.63, 3.8) is 0 Å². The van der Waals surface area contributed by atoms with E-state index in [-0.39, 0.29) is 5.91 Å². The van der Waals surface area contributed by atoms with E-state index in [1.165, 1.54) is 37.5 Å². The molecule has 0 aliphatic heterocycles. The van der Waals surface area contributed by atoms with Gasteiger partial charge in [-0.2, -0.15) is 0 Å². The van der Waals surface area contributed by atoms with E-state index in [1.54, 1.807) is 11.3 Å². The van der Waals surface area contributed by atoms with Crippen molar-refractivity contribution in [1.29, 1.82) is 0 Å². The minimum atomic E-state index is -0.0550. The predicted octanol–water partition coefficient (Wildman–Crippen LogP) is 4.43. The highest BCUT2D eigenvalue weighted by atomic mass is 32.1. The minimum Gasteiger partial charge on any atom is -0.359 e. The van der Waals surface area contributed by atoms with Crippen LogP contribution >= 0.6 is 11.3 Å². The number of benzene rings is 1. The van der Waals surface area contributed by atoms with E-state index in [4.69, 9.17) is 4.98 Å². The molecule has 0 spiro atoms. The first-order chi connectivity index (χ1) is 10.6. The van der Waals surface area contributed by atoms with Crippen LogP contribution in [0.25, 0.3) is 11.3 Å². The van der Waals surface area contributed by atoms with Gasteiger partial charge in [-0.15, -0.1) is 11.3 Å². The summed E-state index contributed by atoms with van der Waals surface area (Å²) >= 11 is 1.72. The van der Waals surface area contributed by atoms with Gasteiger partial charge in [-0.25, -0.2) is 4.98 Å². The fourth-order valence-corrected chi connectivity index (χ4v) is 3.80. The van der Waals surface area contributed by atoms with Gasteiger partial charge in [0.05, 0.1) is 5.69 Å². The minimum absolute atomic E-state index is 0.0550. The SMILES string of the molecule is CC(=O)Nc1ccc(-c2nc(NC3CCCC3)sc2C)cc1. The Morgan fingerprint density at radius 1 is 1.23 bits per heavy atom. The van der Waals surface area contributed by atoms with Gasteiger partial charge in [0, 0.05) is 29.1 Å². The number of aromatic nitrogens is 1. The lowest BCUT2D eigenvalue weighted by atomic mass is 10.1. The van der Waals surface area contributed by atoms with Gasteiger partial charge in [0.1, 0.15) is 0 Å². The molecule has 3 rings (SSSR count). The first-order valence-electron chi connectivity index (χ1n) is 7.74. The maximum atomic E-state index is 11.1. The van der Waals surface area contributed by atoms with Crippen molar-refractivity contribution in [2.24, 2.45) is 0 Å². The average Bonchev–Trinajstić information content (AvgIpc) is 3.09. The van der Waals surface area contributed by atoms with Gasteiger partial charge in [-0.05, 0) is 31.9 Å². The van der Waals surface area contributed by atoms with Crippen LogP contribution < -0.4 is 10.6 Å². The molecule has 0 bridgehead atoms. The Bertz CT molecular complexity index is 657. The molecular weight excluding hydrogens is 294 g/mol. The Morgan fingerprint density at radius 2 is 1.91 bits per heavy atom. The number of nitrogens with one attached hydrogen (secondary N) is 2. The standard InChI is InChI=1S/C17H21N3OS/c1-11-16(13-7-9-15(10-8-13)18-12(2)21)20-17(22-11)19-14-5-3-4-6-14/h7-10,14H,3-6H2,1-2H3,(H,18,21)(H,19,20). The van der Waals surface area contributed by atoms with Crippen LogP contribution in [0.1, 0.15) is 37.5 Å². The molecule has 1 aliphatic rings. The van der Waals surface area contributed by atoms with E-state index in [0.29, 0.717) is 6.04 Å². The number of hydrogen-bond donors (Lipinski definition) is 2. The monoisotopic (exact) mass is 315 g/mol. The fraction of sp³-hybridized carbons (Fsp3) is 0.412. The van der Waals surface area contributed by atoms with Crippen molar-refractivity contribution in [3.8, 4) is 11.3 Å². The molecule has 1 amide bonds. The second-order valence-electron chi connectivity index (χ2n) is 5.81. The summed E-state index contributed by atoms with van der Waals surface area (Å²) in [4.78, 5) is 17.0. The van der Waals surface area contributed by atoms with Crippen LogP contribution in [0.5, 0.6) is 0 Å². The van der Waals surface area contributed by atoms with Gasteiger partial charge in [-0.3, -0.25) is 4.79 Å². The Hall–Kier alpha value is -1.88. The number of nitrogens with zero attached hydrogens (tertiary/aromatic N) is 1. The van der Waals surface area contributed by atoms with Crippen LogP contribution in [-0.2, 0) is 4.79 Å². The number of thiazole rings is 1. The molecular formula is C17H21N3OS. The number of hydrogen-bond acceptors (Lipinski definition) is 4. The molecule has 0 radical (unpaired) electrons. The molecule has 22 heavy (non-hydrogen) atoms. The summed E-state index contributed by atoms with van der Waals surface area (Å²) in [5.41, 5.74) is 2.93. The summed E-state index contributed by atoms with van der Waals surface area (Å²) in [7, 11) is 0. The molecule has 1 fully saturated rings. The second kappa shape index (κ2) is 6.48. The molecule has 1 aliphatic carbocycles. The smallest absolute Gasteiger partial charge is 0.221 e. The van der Waals surface area contributed by atoms with Gasteiger partial charge >= 0.3 is 0 Å². The molecule has 5 heteroatoms. The highest BCUT2D eigenvalue weighted by Crippen LogP contribution is 2.32. The second-order valence-corrected chi connectivity index (χ2v) is 7.01. The number of aryl methyl sites for hydroxylation is 1. The van der Waals surface area contributed by atoms with Gasteiger partial charge in [0.2, 0.25) is 5.91 Å². The van der Waals surface area contributed by atoms with Crippen molar-refractivity contribution in [3.05, 3.63) is 29.1 Å². The number of carbonyl (C=O) groups is 1.